The fraction of sp³-hybridized carbons (Fsp3) is 0.250. The molecule has 37 heavy (non-hydrogen) atoms. The SMILES string of the molecule is [Cl][Ni]([Cl])([CH2]CCCP(c1ccccc1)c1ccccc1)[CH2]CCCP(c1ccccc1)c1ccccc1. The molecule has 5 heteroatoms. The second-order valence-corrected chi connectivity index (χ2v) is 20.5. The molecule has 0 bridgehead atoms. The van der Waals surface area contributed by atoms with Crippen LogP contribution in [-0.2, 0) is 10.6 Å². The Labute approximate surface area is 236 Å². The van der Waals surface area contributed by atoms with Crippen LogP contribution in [-0.4, -0.2) is 12.3 Å². The molecule has 0 aliphatic rings. The van der Waals surface area contributed by atoms with Gasteiger partial charge < -0.3 is 0 Å². The molecule has 0 radical (unpaired) electrons. The quantitative estimate of drug-likeness (QED) is 0.0758. The Balaban J connectivity index is 1.24. The van der Waals surface area contributed by atoms with E-state index in [1.165, 1.54) is 46.4 Å². The van der Waals surface area contributed by atoms with E-state index < -0.39 is 10.6 Å². The van der Waals surface area contributed by atoms with Crippen molar-refractivity contribution in [1.82, 2.24) is 0 Å². The molecule has 0 amide bonds. The van der Waals surface area contributed by atoms with Crippen molar-refractivity contribution in [3.63, 3.8) is 0 Å². The zero-order valence-corrected chi connectivity index (χ0v) is 25.5. The van der Waals surface area contributed by atoms with Gasteiger partial charge in [0, 0.05) is 0 Å². The monoisotopic (exact) mass is 610 g/mol. The van der Waals surface area contributed by atoms with Crippen molar-refractivity contribution in [1.29, 1.82) is 0 Å². The van der Waals surface area contributed by atoms with Crippen LogP contribution in [0.1, 0.15) is 25.7 Å². The van der Waals surface area contributed by atoms with Gasteiger partial charge in [0.2, 0.25) is 0 Å². The van der Waals surface area contributed by atoms with Gasteiger partial charge in [0.25, 0.3) is 0 Å². The Hall–Kier alpha value is -1.19. The number of halogens is 2. The van der Waals surface area contributed by atoms with Crippen molar-refractivity contribution in [2.75, 3.05) is 12.3 Å². The first-order valence-corrected chi connectivity index (χ1v) is 20.0. The van der Waals surface area contributed by atoms with Crippen molar-refractivity contribution in [3.05, 3.63) is 121 Å². The van der Waals surface area contributed by atoms with Gasteiger partial charge in [-0.05, 0) is 0 Å². The normalized spacial score (nSPS) is 12.2. The summed E-state index contributed by atoms with van der Waals surface area (Å²) in [6, 6.07) is 43.9. The van der Waals surface area contributed by atoms with Crippen molar-refractivity contribution >= 4 is 57.4 Å². The van der Waals surface area contributed by atoms with Crippen LogP contribution in [0.15, 0.2) is 121 Å². The predicted octanol–water partition coefficient (Wildman–Crippen LogP) is 9.11. The Morgan fingerprint density at radius 2 is 0.676 bits per heavy atom. The second kappa shape index (κ2) is 15.4. The molecule has 198 valence electrons. The molecule has 0 N–H and O–H groups in total. The third-order valence-corrected chi connectivity index (χ3v) is 15.5. The molecule has 0 heterocycles. The van der Waals surface area contributed by atoms with Crippen molar-refractivity contribution in [2.45, 2.75) is 36.5 Å². The van der Waals surface area contributed by atoms with Gasteiger partial charge in [0.1, 0.15) is 0 Å². The molecule has 0 spiro atoms. The average Bonchev–Trinajstić information content (AvgIpc) is 2.95. The molecule has 0 fully saturated rings. The summed E-state index contributed by atoms with van der Waals surface area (Å²) in [6.07, 6.45) is 6.91. The molecule has 0 aliphatic carbocycles. The molecule has 0 aromatic heterocycles. The standard InChI is InChI=1S/2C16H18P.2ClH.Ni/c2*1-2-3-14-17(15-10-6-4-7-11-15)16-12-8-5-9-13-16;;;/h2*4-13H,1-3,14H2;2*1H;/q;;;;+2/p-2. The number of hydrogen-bond acceptors (Lipinski definition) is 0. The number of unbranched alkanes of at least 4 members (excludes halogenated alkanes) is 2. The van der Waals surface area contributed by atoms with E-state index in [1.807, 2.05) is 0 Å². The van der Waals surface area contributed by atoms with Crippen LogP contribution in [0.25, 0.3) is 0 Å². The van der Waals surface area contributed by atoms with Gasteiger partial charge >= 0.3 is 238 Å². The van der Waals surface area contributed by atoms with Gasteiger partial charge in [0.15, 0.2) is 0 Å². The molecular weight excluding hydrogens is 576 g/mol. The summed E-state index contributed by atoms with van der Waals surface area (Å²) < 4.78 is 0. The molecule has 0 unspecified atom stereocenters. The summed E-state index contributed by atoms with van der Waals surface area (Å²) in [5.41, 5.74) is 0. The Bertz CT molecular complexity index is 987. The Morgan fingerprint density at radius 1 is 0.405 bits per heavy atom. The van der Waals surface area contributed by atoms with Crippen LogP contribution < -0.4 is 21.2 Å². The fourth-order valence-electron chi connectivity index (χ4n) is 4.35. The van der Waals surface area contributed by atoms with Crippen molar-refractivity contribution in [3.8, 4) is 0 Å². The number of rotatable bonds is 14. The van der Waals surface area contributed by atoms with Crippen LogP contribution >= 0.6 is 36.2 Å². The molecule has 0 saturated carbocycles. The van der Waals surface area contributed by atoms with Gasteiger partial charge in [-0.25, -0.2) is 0 Å². The number of hydrogen-bond donors (Lipinski definition) is 0. The van der Waals surface area contributed by atoms with E-state index in [2.05, 4.69) is 121 Å². The summed E-state index contributed by atoms with van der Waals surface area (Å²) in [7, 11) is 11.4. The topological polar surface area (TPSA) is 0 Å². The van der Waals surface area contributed by atoms with Crippen LogP contribution in [0.4, 0.5) is 0 Å². The van der Waals surface area contributed by atoms with Gasteiger partial charge in [-0.3, -0.25) is 0 Å². The summed E-state index contributed by atoms with van der Waals surface area (Å²) >= 11 is 0. The minimum atomic E-state index is -1.69. The van der Waals surface area contributed by atoms with E-state index in [1.54, 1.807) is 0 Å². The molecule has 0 saturated heterocycles. The van der Waals surface area contributed by atoms with E-state index in [0.29, 0.717) is 0 Å². The van der Waals surface area contributed by atoms with Gasteiger partial charge in [-0.2, -0.15) is 0 Å². The Morgan fingerprint density at radius 3 is 0.946 bits per heavy atom. The van der Waals surface area contributed by atoms with E-state index >= 15 is 0 Å². The van der Waals surface area contributed by atoms with Crippen LogP contribution in [0.5, 0.6) is 0 Å². The van der Waals surface area contributed by atoms with Crippen LogP contribution in [0, 0.1) is 0 Å². The van der Waals surface area contributed by atoms with Crippen LogP contribution in [0.2, 0.25) is 10.8 Å². The zero-order chi connectivity index (χ0) is 25.8. The summed E-state index contributed by atoms with van der Waals surface area (Å²) in [4.78, 5) is 0. The molecule has 4 aromatic carbocycles. The molecule has 4 aromatic rings. The molecular formula is C32H36Cl2NiP2. The van der Waals surface area contributed by atoms with Crippen LogP contribution in [0.3, 0.4) is 0 Å². The first kappa shape index (κ1) is 28.8. The first-order valence-electron chi connectivity index (χ1n) is 12.9. The first-order chi connectivity index (χ1) is 18.1. The van der Waals surface area contributed by atoms with E-state index in [9.17, 15) is 0 Å². The average molecular weight is 612 g/mol. The van der Waals surface area contributed by atoms with E-state index in [0.717, 1.165) is 23.6 Å². The fourth-order valence-corrected chi connectivity index (χ4v) is 12.3. The molecule has 0 nitrogen and oxygen atoms in total. The maximum atomic E-state index is 6.90. The van der Waals surface area contributed by atoms with Gasteiger partial charge in [0.05, 0.1) is 0 Å². The van der Waals surface area contributed by atoms with Gasteiger partial charge in [-0.1, -0.05) is 0 Å². The number of benzene rings is 4. The summed E-state index contributed by atoms with van der Waals surface area (Å²) in [6.45, 7) is 0. The van der Waals surface area contributed by atoms with Gasteiger partial charge in [-0.15, -0.1) is 0 Å². The van der Waals surface area contributed by atoms with Crippen molar-refractivity contribution < 1.29 is 10.6 Å². The molecule has 0 aliphatic heterocycles. The summed E-state index contributed by atoms with van der Waals surface area (Å²) in [5, 5.41) is 7.71. The maximum absolute atomic E-state index is 6.90. The second-order valence-electron chi connectivity index (χ2n) is 8.92. The third-order valence-electron chi connectivity index (χ3n) is 6.22. The molecule has 0 atom stereocenters. The summed E-state index contributed by atoms with van der Waals surface area (Å²) in [5.74, 6) is 0. The third kappa shape index (κ3) is 9.50. The van der Waals surface area contributed by atoms with Crippen molar-refractivity contribution in [2.24, 2.45) is 0 Å². The predicted molar refractivity (Wildman–Crippen MR) is 168 cm³/mol. The Kier molecular flexibility index (Phi) is 12.0. The zero-order valence-electron chi connectivity index (χ0n) is 21.2. The molecule has 4 rings (SSSR count). The minimum absolute atomic E-state index is 0.337. The van der Waals surface area contributed by atoms with E-state index in [-0.39, 0.29) is 15.8 Å². The van der Waals surface area contributed by atoms with E-state index in [4.69, 9.17) is 20.4 Å².